The van der Waals surface area contributed by atoms with Crippen molar-refractivity contribution >= 4 is 0 Å². The molecule has 22 heavy (non-hydrogen) atoms. The van der Waals surface area contributed by atoms with E-state index in [1.165, 1.54) is 11.3 Å². The largest absolute Gasteiger partial charge is 0.459 e. The Morgan fingerprint density at radius 2 is 2.05 bits per heavy atom. The van der Waals surface area contributed by atoms with Gasteiger partial charge in [-0.25, -0.2) is 0 Å². The van der Waals surface area contributed by atoms with Crippen LogP contribution in [0.3, 0.4) is 0 Å². The fraction of sp³-hybridized carbons (Fsp3) is 0.400. The van der Waals surface area contributed by atoms with Gasteiger partial charge in [0.1, 0.15) is 0 Å². The first kappa shape index (κ1) is 14.5. The summed E-state index contributed by atoms with van der Waals surface area (Å²) in [7, 11) is 3.97. The number of aromatic nitrogens is 4. The minimum atomic E-state index is 0.405. The van der Waals surface area contributed by atoms with Gasteiger partial charge in [-0.2, -0.15) is 5.10 Å². The summed E-state index contributed by atoms with van der Waals surface area (Å²) in [4.78, 5) is 2.12. The maximum atomic E-state index is 5.62. The van der Waals surface area contributed by atoms with Crippen molar-refractivity contribution in [3.63, 3.8) is 0 Å². The lowest BCUT2D eigenvalue weighted by Gasteiger charge is -2.14. The zero-order valence-electron chi connectivity index (χ0n) is 13.2. The van der Waals surface area contributed by atoms with E-state index >= 15 is 0 Å². The van der Waals surface area contributed by atoms with Crippen LogP contribution in [0.1, 0.15) is 22.8 Å². The molecule has 3 aromatic heterocycles. The van der Waals surface area contributed by atoms with Crippen LogP contribution in [0.2, 0.25) is 0 Å². The molecule has 0 unspecified atom stereocenters. The Morgan fingerprint density at radius 3 is 2.68 bits per heavy atom. The van der Waals surface area contributed by atoms with Gasteiger partial charge in [0.05, 0.1) is 18.5 Å². The number of hydrogen-bond donors (Lipinski definition) is 0. The highest BCUT2D eigenvalue weighted by atomic mass is 16.4. The van der Waals surface area contributed by atoms with Gasteiger partial charge in [0.2, 0.25) is 5.89 Å². The highest BCUT2D eigenvalue weighted by Gasteiger charge is 2.15. The van der Waals surface area contributed by atoms with E-state index in [0.29, 0.717) is 24.1 Å². The van der Waals surface area contributed by atoms with Crippen molar-refractivity contribution in [2.75, 3.05) is 7.05 Å². The zero-order valence-corrected chi connectivity index (χ0v) is 13.2. The molecular formula is C15H19N5O2. The van der Waals surface area contributed by atoms with E-state index < -0.39 is 0 Å². The number of nitrogens with zero attached hydrogens (tertiary/aromatic N) is 5. The Labute approximate surface area is 128 Å². The highest BCUT2D eigenvalue weighted by molar-refractivity contribution is 5.42. The van der Waals surface area contributed by atoms with Crippen LogP contribution in [0.25, 0.3) is 11.7 Å². The van der Waals surface area contributed by atoms with Crippen molar-refractivity contribution < 1.29 is 8.83 Å². The van der Waals surface area contributed by atoms with Crippen LogP contribution in [0.5, 0.6) is 0 Å². The van der Waals surface area contributed by atoms with Crippen LogP contribution in [0.15, 0.2) is 27.2 Å². The Balaban J connectivity index is 1.68. The Hall–Kier alpha value is -2.41. The Bertz CT molecular complexity index is 757. The fourth-order valence-electron chi connectivity index (χ4n) is 2.42. The summed E-state index contributed by atoms with van der Waals surface area (Å²) in [6.45, 7) is 5.45. The third-order valence-corrected chi connectivity index (χ3v) is 3.69. The van der Waals surface area contributed by atoms with Crippen molar-refractivity contribution in [2.45, 2.75) is 26.9 Å². The van der Waals surface area contributed by atoms with E-state index in [2.05, 4.69) is 27.1 Å². The molecule has 0 bridgehead atoms. The van der Waals surface area contributed by atoms with E-state index in [1.807, 2.05) is 25.7 Å². The molecular weight excluding hydrogens is 282 g/mol. The lowest BCUT2D eigenvalue weighted by Crippen LogP contribution is -2.18. The number of furan rings is 1. The number of hydrogen-bond acceptors (Lipinski definition) is 6. The topological polar surface area (TPSA) is 73.1 Å². The monoisotopic (exact) mass is 301 g/mol. The molecule has 0 amide bonds. The fourth-order valence-corrected chi connectivity index (χ4v) is 2.42. The summed E-state index contributed by atoms with van der Waals surface area (Å²) in [6, 6.07) is 3.59. The SMILES string of the molecule is Cc1nn(C)c(C)c1CN(C)Cc1nnc(-c2ccco2)o1. The van der Waals surface area contributed by atoms with E-state index in [-0.39, 0.29) is 0 Å². The molecule has 0 saturated heterocycles. The van der Waals surface area contributed by atoms with Crippen molar-refractivity contribution in [1.29, 1.82) is 0 Å². The normalized spacial score (nSPS) is 11.5. The predicted octanol–water partition coefficient (Wildman–Crippen LogP) is 2.31. The molecule has 0 fully saturated rings. The molecule has 3 aromatic rings. The highest BCUT2D eigenvalue weighted by Crippen LogP contribution is 2.19. The smallest absolute Gasteiger partial charge is 0.283 e. The Kier molecular flexibility index (Phi) is 3.81. The third-order valence-electron chi connectivity index (χ3n) is 3.69. The van der Waals surface area contributed by atoms with E-state index in [0.717, 1.165) is 12.2 Å². The molecule has 0 N–H and O–H groups in total. The molecule has 7 nitrogen and oxygen atoms in total. The summed E-state index contributed by atoms with van der Waals surface area (Å²) >= 11 is 0. The molecule has 3 heterocycles. The second-order valence-electron chi connectivity index (χ2n) is 5.42. The van der Waals surface area contributed by atoms with E-state index in [1.54, 1.807) is 18.4 Å². The zero-order chi connectivity index (χ0) is 15.7. The molecule has 0 radical (unpaired) electrons. The second-order valence-corrected chi connectivity index (χ2v) is 5.42. The quantitative estimate of drug-likeness (QED) is 0.720. The molecule has 0 aliphatic carbocycles. The maximum absolute atomic E-state index is 5.62. The van der Waals surface area contributed by atoms with Gasteiger partial charge in [-0.15, -0.1) is 10.2 Å². The molecule has 0 spiro atoms. The van der Waals surface area contributed by atoms with E-state index in [4.69, 9.17) is 8.83 Å². The summed E-state index contributed by atoms with van der Waals surface area (Å²) in [5.41, 5.74) is 3.45. The van der Waals surface area contributed by atoms with Gasteiger partial charge in [0.25, 0.3) is 5.89 Å². The third kappa shape index (κ3) is 2.80. The van der Waals surface area contributed by atoms with E-state index in [9.17, 15) is 0 Å². The summed E-state index contributed by atoms with van der Waals surface area (Å²) in [5, 5.41) is 12.5. The van der Waals surface area contributed by atoms with Crippen LogP contribution in [0.4, 0.5) is 0 Å². The maximum Gasteiger partial charge on any atom is 0.283 e. The van der Waals surface area contributed by atoms with Crippen LogP contribution >= 0.6 is 0 Å². The van der Waals surface area contributed by atoms with Crippen LogP contribution in [-0.2, 0) is 20.1 Å². The molecule has 3 rings (SSSR count). The van der Waals surface area contributed by atoms with Gasteiger partial charge in [-0.3, -0.25) is 9.58 Å². The van der Waals surface area contributed by atoms with Crippen molar-refractivity contribution in [3.05, 3.63) is 41.2 Å². The van der Waals surface area contributed by atoms with Crippen molar-refractivity contribution in [2.24, 2.45) is 7.05 Å². The van der Waals surface area contributed by atoms with Gasteiger partial charge in [-0.1, -0.05) is 0 Å². The Morgan fingerprint density at radius 1 is 1.23 bits per heavy atom. The predicted molar refractivity (Wildman–Crippen MR) is 79.9 cm³/mol. The molecule has 0 aliphatic heterocycles. The van der Waals surface area contributed by atoms with Gasteiger partial charge in [0.15, 0.2) is 5.76 Å². The molecule has 0 aromatic carbocycles. The first-order valence-corrected chi connectivity index (χ1v) is 7.08. The average molecular weight is 301 g/mol. The van der Waals surface area contributed by atoms with Crippen LogP contribution in [0, 0.1) is 13.8 Å². The average Bonchev–Trinajstić information content (AvgIpc) is 3.17. The van der Waals surface area contributed by atoms with Crippen molar-refractivity contribution in [3.8, 4) is 11.7 Å². The van der Waals surface area contributed by atoms with Crippen LogP contribution < -0.4 is 0 Å². The lowest BCUT2D eigenvalue weighted by molar-refractivity contribution is 0.281. The first-order valence-electron chi connectivity index (χ1n) is 7.08. The summed E-state index contributed by atoms with van der Waals surface area (Å²) in [6.07, 6.45) is 1.58. The summed E-state index contributed by atoms with van der Waals surface area (Å²) < 4.78 is 12.8. The van der Waals surface area contributed by atoms with Gasteiger partial charge in [0, 0.05) is 24.8 Å². The standard InChI is InChI=1S/C15H19N5O2/c1-10-12(11(2)20(4)18-10)8-19(3)9-14-16-17-15(22-14)13-6-5-7-21-13/h5-7H,8-9H2,1-4H3. The number of aryl methyl sites for hydroxylation is 2. The summed E-state index contributed by atoms with van der Waals surface area (Å²) in [5.74, 6) is 1.55. The van der Waals surface area contributed by atoms with Gasteiger partial charge in [-0.05, 0) is 33.0 Å². The lowest BCUT2D eigenvalue weighted by atomic mass is 10.2. The molecule has 0 aliphatic rings. The molecule has 0 atom stereocenters. The first-order chi connectivity index (χ1) is 10.5. The van der Waals surface area contributed by atoms with Crippen molar-refractivity contribution in [1.82, 2.24) is 24.9 Å². The molecule has 116 valence electrons. The van der Waals surface area contributed by atoms with Gasteiger partial charge < -0.3 is 8.83 Å². The number of rotatable bonds is 5. The minimum absolute atomic E-state index is 0.405. The molecule has 0 saturated carbocycles. The molecule has 7 heteroatoms. The van der Waals surface area contributed by atoms with Crippen LogP contribution in [-0.4, -0.2) is 31.9 Å². The van der Waals surface area contributed by atoms with Gasteiger partial charge >= 0.3 is 0 Å². The second kappa shape index (κ2) is 5.76. The minimum Gasteiger partial charge on any atom is -0.459 e.